The van der Waals surface area contributed by atoms with Crippen molar-refractivity contribution in [2.75, 3.05) is 7.05 Å². The third kappa shape index (κ3) is 5.97. The molecule has 0 aliphatic heterocycles. The maximum atomic E-state index is 9.00. The highest BCUT2D eigenvalue weighted by atomic mass is 14.8. The molecule has 2 rings (SSSR count). The largest absolute Gasteiger partial charge is 0.379 e. The van der Waals surface area contributed by atoms with Crippen molar-refractivity contribution < 1.29 is 0 Å². The molecule has 2 heteroatoms. The minimum absolute atomic E-state index is 0.545. The monoisotopic (exact) mass is 332 g/mol. The zero-order valence-electron chi connectivity index (χ0n) is 16.0. The quantitative estimate of drug-likeness (QED) is 0.592. The van der Waals surface area contributed by atoms with Gasteiger partial charge in [-0.2, -0.15) is 5.26 Å². The predicted octanol–water partition coefficient (Wildman–Crippen LogP) is 5.50. The average molecular weight is 332 g/mol. The summed E-state index contributed by atoms with van der Waals surface area (Å²) >= 11 is 0. The van der Waals surface area contributed by atoms with Crippen LogP contribution in [-0.4, -0.2) is 7.05 Å². The number of allylic oxidation sites excluding steroid dienone is 3. The van der Waals surface area contributed by atoms with Crippen LogP contribution >= 0.6 is 0 Å². The van der Waals surface area contributed by atoms with E-state index in [0.29, 0.717) is 5.70 Å². The Hall–Kier alpha value is -2.79. The van der Waals surface area contributed by atoms with Crippen molar-refractivity contribution in [3.8, 4) is 6.07 Å². The number of nitrogens with one attached hydrogen (secondary N) is 1. The first-order valence-electron chi connectivity index (χ1n) is 8.54. The molecule has 0 aromatic heterocycles. The Morgan fingerprint density at radius 3 is 2.32 bits per heavy atom. The van der Waals surface area contributed by atoms with Crippen molar-refractivity contribution >= 4 is 5.57 Å². The van der Waals surface area contributed by atoms with Crippen LogP contribution in [0.15, 0.2) is 60.8 Å². The van der Waals surface area contributed by atoms with Crippen molar-refractivity contribution in [2.24, 2.45) is 0 Å². The third-order valence-electron chi connectivity index (χ3n) is 4.14. The summed E-state index contributed by atoms with van der Waals surface area (Å²) in [6.45, 7) is 12.3. The Balaban J connectivity index is 0.000000293. The van der Waals surface area contributed by atoms with E-state index in [2.05, 4.69) is 76.0 Å². The lowest BCUT2D eigenvalue weighted by molar-refractivity contribution is 1.04. The molecule has 25 heavy (non-hydrogen) atoms. The van der Waals surface area contributed by atoms with Crippen LogP contribution in [0.4, 0.5) is 0 Å². The Bertz CT molecular complexity index is 792. The van der Waals surface area contributed by atoms with Crippen LogP contribution in [-0.2, 0) is 6.42 Å². The molecule has 0 atom stereocenters. The van der Waals surface area contributed by atoms with Gasteiger partial charge < -0.3 is 5.32 Å². The van der Waals surface area contributed by atoms with Crippen LogP contribution in [0.1, 0.15) is 34.7 Å². The molecule has 2 aromatic carbocycles. The molecule has 2 aromatic rings. The molecule has 0 amide bonds. The number of benzene rings is 2. The van der Waals surface area contributed by atoms with E-state index in [1.807, 2.05) is 12.1 Å². The molecule has 0 fully saturated rings. The average Bonchev–Trinajstić information content (AvgIpc) is 2.63. The highest BCUT2D eigenvalue weighted by Gasteiger charge is 2.04. The van der Waals surface area contributed by atoms with Crippen LogP contribution in [0, 0.1) is 32.1 Å². The molecule has 0 unspecified atom stereocenters. The van der Waals surface area contributed by atoms with Gasteiger partial charge in [0.2, 0.25) is 0 Å². The van der Waals surface area contributed by atoms with E-state index in [1.54, 1.807) is 13.1 Å². The summed E-state index contributed by atoms with van der Waals surface area (Å²) in [4.78, 5) is 0. The molecule has 0 heterocycles. The van der Waals surface area contributed by atoms with E-state index >= 15 is 0 Å². The first-order chi connectivity index (χ1) is 12.0. The second kappa shape index (κ2) is 10.2. The normalized spacial score (nSPS) is 10.7. The van der Waals surface area contributed by atoms with E-state index in [-0.39, 0.29) is 0 Å². The summed E-state index contributed by atoms with van der Waals surface area (Å²) in [7, 11) is 1.74. The molecule has 0 saturated heterocycles. The molecule has 0 aliphatic carbocycles. The van der Waals surface area contributed by atoms with Crippen molar-refractivity contribution in [2.45, 2.75) is 34.1 Å². The number of hydrogen-bond donors (Lipinski definition) is 1. The summed E-state index contributed by atoms with van der Waals surface area (Å²) in [6.07, 6.45) is 2.70. The van der Waals surface area contributed by atoms with E-state index in [9.17, 15) is 0 Å². The number of nitrogens with zero attached hydrogens (tertiary/aromatic N) is 1. The highest BCUT2D eigenvalue weighted by Crippen LogP contribution is 2.19. The lowest BCUT2D eigenvalue weighted by Crippen LogP contribution is -2.06. The smallest absolute Gasteiger partial charge is 0.121 e. The second-order valence-electron chi connectivity index (χ2n) is 6.00. The van der Waals surface area contributed by atoms with E-state index in [0.717, 1.165) is 17.6 Å². The lowest BCUT2D eigenvalue weighted by Gasteiger charge is -2.07. The summed E-state index contributed by atoms with van der Waals surface area (Å²) in [6, 6.07) is 16.8. The molecular formula is C23H28N2. The van der Waals surface area contributed by atoms with Gasteiger partial charge in [-0.3, -0.25) is 0 Å². The van der Waals surface area contributed by atoms with E-state index in [4.69, 9.17) is 5.26 Å². The van der Waals surface area contributed by atoms with Gasteiger partial charge in [-0.15, -0.1) is 0 Å². The Morgan fingerprint density at radius 2 is 1.84 bits per heavy atom. The minimum Gasteiger partial charge on any atom is -0.379 e. The summed E-state index contributed by atoms with van der Waals surface area (Å²) in [5.41, 5.74) is 7.78. The summed E-state index contributed by atoms with van der Waals surface area (Å²) < 4.78 is 0. The van der Waals surface area contributed by atoms with Gasteiger partial charge >= 0.3 is 0 Å². The van der Waals surface area contributed by atoms with Crippen LogP contribution < -0.4 is 5.32 Å². The van der Waals surface area contributed by atoms with Gasteiger partial charge in [-0.05, 0) is 49.4 Å². The van der Waals surface area contributed by atoms with Crippen molar-refractivity contribution in [1.29, 1.82) is 5.26 Å². The van der Waals surface area contributed by atoms with Crippen LogP contribution in [0.5, 0.6) is 0 Å². The Morgan fingerprint density at radius 1 is 1.12 bits per heavy atom. The maximum absolute atomic E-state index is 9.00. The standard InChI is InChI=1S/C14H16N2.C9H12/c1-4-11-7-6-8-12(9-11)13(5-2)14(10-15)16-3;1-7-4-5-8(2)9(3)6-7/h5-9,16H,2,4H2,1,3H3;4-6H,1-3H3/b14-13+;. The summed E-state index contributed by atoms with van der Waals surface area (Å²) in [5, 5.41) is 11.9. The molecule has 0 bridgehead atoms. The van der Waals surface area contributed by atoms with Gasteiger partial charge in [-0.1, -0.05) is 67.6 Å². The zero-order chi connectivity index (χ0) is 18.8. The molecule has 130 valence electrons. The third-order valence-corrected chi connectivity index (χ3v) is 4.14. The number of hydrogen-bond acceptors (Lipinski definition) is 2. The Labute approximate surface area is 152 Å². The van der Waals surface area contributed by atoms with E-state index < -0.39 is 0 Å². The Kier molecular flexibility index (Phi) is 8.23. The predicted molar refractivity (Wildman–Crippen MR) is 108 cm³/mol. The highest BCUT2D eigenvalue weighted by molar-refractivity contribution is 5.78. The molecule has 0 spiro atoms. The SMILES string of the molecule is C=C/C(=C(/C#N)NC)c1cccc(CC)c1.Cc1ccc(C)c(C)c1. The summed E-state index contributed by atoms with van der Waals surface area (Å²) in [5.74, 6) is 0. The minimum atomic E-state index is 0.545. The van der Waals surface area contributed by atoms with Crippen LogP contribution in [0.25, 0.3) is 5.57 Å². The fourth-order valence-electron chi connectivity index (χ4n) is 2.47. The fourth-order valence-corrected chi connectivity index (χ4v) is 2.47. The molecule has 2 nitrogen and oxygen atoms in total. The van der Waals surface area contributed by atoms with Gasteiger partial charge in [-0.25, -0.2) is 0 Å². The van der Waals surface area contributed by atoms with Crippen molar-refractivity contribution in [3.05, 3.63) is 88.6 Å². The molecule has 0 saturated carbocycles. The number of rotatable bonds is 4. The van der Waals surface area contributed by atoms with Crippen molar-refractivity contribution in [1.82, 2.24) is 5.32 Å². The number of nitriles is 1. The van der Waals surface area contributed by atoms with Crippen molar-refractivity contribution in [3.63, 3.8) is 0 Å². The lowest BCUT2D eigenvalue weighted by atomic mass is 10.0. The van der Waals surface area contributed by atoms with Gasteiger partial charge in [0.05, 0.1) is 0 Å². The zero-order valence-corrected chi connectivity index (χ0v) is 16.0. The number of aryl methyl sites for hydroxylation is 4. The van der Waals surface area contributed by atoms with Crippen LogP contribution in [0.3, 0.4) is 0 Å². The first-order valence-corrected chi connectivity index (χ1v) is 8.54. The topological polar surface area (TPSA) is 35.8 Å². The van der Waals surface area contributed by atoms with Gasteiger partial charge in [0, 0.05) is 12.6 Å². The molecule has 0 aliphatic rings. The van der Waals surface area contributed by atoms with Gasteiger partial charge in [0.1, 0.15) is 11.8 Å². The second-order valence-corrected chi connectivity index (χ2v) is 6.00. The first kappa shape index (κ1) is 20.3. The van der Waals surface area contributed by atoms with Gasteiger partial charge in [0.25, 0.3) is 0 Å². The van der Waals surface area contributed by atoms with E-state index in [1.165, 1.54) is 22.3 Å². The van der Waals surface area contributed by atoms with Crippen LogP contribution in [0.2, 0.25) is 0 Å². The molecule has 0 radical (unpaired) electrons. The molecule has 1 N–H and O–H groups in total. The molecular weight excluding hydrogens is 304 g/mol. The maximum Gasteiger partial charge on any atom is 0.121 e. The fraction of sp³-hybridized carbons (Fsp3) is 0.261. The van der Waals surface area contributed by atoms with Gasteiger partial charge in [0.15, 0.2) is 0 Å².